The zero-order valence-corrected chi connectivity index (χ0v) is 13.5. The van der Waals surface area contributed by atoms with Crippen molar-refractivity contribution in [3.8, 4) is 0 Å². The number of hydrogen-bond donors (Lipinski definition) is 2. The summed E-state index contributed by atoms with van der Waals surface area (Å²) in [7, 11) is 0. The van der Waals surface area contributed by atoms with Gasteiger partial charge < -0.3 is 11.1 Å². The fourth-order valence-electron chi connectivity index (χ4n) is 2.46. The first-order valence-electron chi connectivity index (χ1n) is 6.52. The van der Waals surface area contributed by atoms with Gasteiger partial charge in [0, 0.05) is 17.1 Å². The molecule has 0 unspecified atom stereocenters. The second kappa shape index (κ2) is 7.51. The maximum Gasteiger partial charge on any atom is 0.252 e. The quantitative estimate of drug-likeness (QED) is 0.881. The van der Waals surface area contributed by atoms with Crippen molar-refractivity contribution in [1.29, 1.82) is 0 Å². The number of nitrogens with one attached hydrogen (secondary N) is 1. The summed E-state index contributed by atoms with van der Waals surface area (Å²) < 4.78 is 0. The van der Waals surface area contributed by atoms with E-state index in [1.165, 1.54) is 6.42 Å². The van der Waals surface area contributed by atoms with Crippen LogP contribution >= 0.6 is 35.6 Å². The number of nitrogens with two attached hydrogens (primary N) is 1. The van der Waals surface area contributed by atoms with Crippen LogP contribution in [0.15, 0.2) is 18.2 Å². The van der Waals surface area contributed by atoms with Gasteiger partial charge in [0.2, 0.25) is 0 Å². The molecule has 0 radical (unpaired) electrons. The molecule has 6 heteroatoms. The summed E-state index contributed by atoms with van der Waals surface area (Å²) in [6.07, 6.45) is 5.42. The van der Waals surface area contributed by atoms with Gasteiger partial charge in [0.05, 0.1) is 10.6 Å². The summed E-state index contributed by atoms with van der Waals surface area (Å²) in [5.74, 6) is -0.197. The fourth-order valence-corrected chi connectivity index (χ4v) is 2.95. The van der Waals surface area contributed by atoms with Crippen LogP contribution in [0, 0.1) is 0 Å². The molecule has 0 spiro atoms. The molecule has 1 amide bonds. The number of benzene rings is 1. The van der Waals surface area contributed by atoms with E-state index in [0.717, 1.165) is 25.7 Å². The molecule has 1 aliphatic rings. The Kier molecular flexibility index (Phi) is 6.59. The zero-order chi connectivity index (χ0) is 13.9. The Morgan fingerprint density at radius 2 is 1.90 bits per heavy atom. The van der Waals surface area contributed by atoms with Gasteiger partial charge in [-0.15, -0.1) is 12.4 Å². The first-order valence-corrected chi connectivity index (χ1v) is 7.28. The average Bonchev–Trinajstić information content (AvgIpc) is 2.37. The second-order valence-electron chi connectivity index (χ2n) is 5.23. The largest absolute Gasteiger partial charge is 0.350 e. The normalized spacial score (nSPS) is 17.1. The maximum atomic E-state index is 12.1. The average molecular weight is 338 g/mol. The zero-order valence-electron chi connectivity index (χ0n) is 11.1. The van der Waals surface area contributed by atoms with Crippen molar-refractivity contribution in [2.75, 3.05) is 6.54 Å². The van der Waals surface area contributed by atoms with E-state index in [2.05, 4.69) is 5.32 Å². The third-order valence-corrected chi connectivity index (χ3v) is 4.17. The lowest BCUT2D eigenvalue weighted by molar-refractivity contribution is 0.0938. The standard InChI is InChI=1S/C14H18Cl2N2O.ClH/c15-10-4-5-11(12(16)8-10)13(19)18-9-14(17)6-2-1-3-7-14;/h4-5,8H,1-3,6-7,9,17H2,(H,18,19);1H. The third kappa shape index (κ3) is 4.52. The van der Waals surface area contributed by atoms with E-state index in [1.54, 1.807) is 18.2 Å². The minimum absolute atomic E-state index is 0. The van der Waals surface area contributed by atoms with Gasteiger partial charge in [-0.3, -0.25) is 4.79 Å². The summed E-state index contributed by atoms with van der Waals surface area (Å²) in [5, 5.41) is 3.76. The summed E-state index contributed by atoms with van der Waals surface area (Å²) >= 11 is 11.8. The lowest BCUT2D eigenvalue weighted by Gasteiger charge is -2.33. The number of hydrogen-bond acceptors (Lipinski definition) is 2. The van der Waals surface area contributed by atoms with Crippen LogP contribution < -0.4 is 11.1 Å². The highest BCUT2D eigenvalue weighted by molar-refractivity contribution is 6.36. The fraction of sp³-hybridized carbons (Fsp3) is 0.500. The molecule has 1 fully saturated rings. The van der Waals surface area contributed by atoms with Crippen molar-refractivity contribution in [3.05, 3.63) is 33.8 Å². The molecular formula is C14H19Cl3N2O. The molecular weight excluding hydrogens is 319 g/mol. The molecule has 1 aliphatic carbocycles. The van der Waals surface area contributed by atoms with Gasteiger partial charge in [0.1, 0.15) is 0 Å². The van der Waals surface area contributed by atoms with E-state index >= 15 is 0 Å². The van der Waals surface area contributed by atoms with Crippen molar-refractivity contribution in [2.45, 2.75) is 37.6 Å². The van der Waals surface area contributed by atoms with Gasteiger partial charge in [0.15, 0.2) is 0 Å². The van der Waals surface area contributed by atoms with Crippen molar-refractivity contribution in [1.82, 2.24) is 5.32 Å². The summed E-state index contributed by atoms with van der Waals surface area (Å²) in [6.45, 7) is 0.491. The molecule has 3 N–H and O–H groups in total. The molecule has 2 rings (SSSR count). The summed E-state index contributed by atoms with van der Waals surface area (Å²) in [6, 6.07) is 4.85. The highest BCUT2D eigenvalue weighted by Gasteiger charge is 2.28. The molecule has 112 valence electrons. The third-order valence-electron chi connectivity index (χ3n) is 3.63. The number of amides is 1. The van der Waals surface area contributed by atoms with Crippen LogP contribution in [0.3, 0.4) is 0 Å². The van der Waals surface area contributed by atoms with E-state index in [-0.39, 0.29) is 23.9 Å². The molecule has 0 heterocycles. The number of carbonyl (C=O) groups excluding carboxylic acids is 1. The highest BCUT2D eigenvalue weighted by Crippen LogP contribution is 2.25. The number of rotatable bonds is 3. The van der Waals surface area contributed by atoms with Crippen LogP contribution in [-0.4, -0.2) is 18.0 Å². The van der Waals surface area contributed by atoms with Gasteiger partial charge in [-0.1, -0.05) is 42.5 Å². The SMILES string of the molecule is Cl.NC1(CNC(=O)c2ccc(Cl)cc2Cl)CCCCC1. The topological polar surface area (TPSA) is 55.1 Å². The van der Waals surface area contributed by atoms with Gasteiger partial charge in [-0.05, 0) is 31.0 Å². The molecule has 0 aliphatic heterocycles. The minimum atomic E-state index is -0.271. The van der Waals surface area contributed by atoms with Crippen LogP contribution in [0.2, 0.25) is 10.0 Å². The van der Waals surface area contributed by atoms with Crippen LogP contribution in [-0.2, 0) is 0 Å². The van der Waals surface area contributed by atoms with E-state index in [9.17, 15) is 4.79 Å². The molecule has 1 saturated carbocycles. The number of carbonyl (C=O) groups is 1. The van der Waals surface area contributed by atoms with E-state index in [0.29, 0.717) is 22.2 Å². The second-order valence-corrected chi connectivity index (χ2v) is 6.07. The lowest BCUT2D eigenvalue weighted by atomic mass is 9.82. The van der Waals surface area contributed by atoms with Crippen molar-refractivity contribution >= 4 is 41.5 Å². The Hall–Kier alpha value is -0.480. The highest BCUT2D eigenvalue weighted by atomic mass is 35.5. The molecule has 0 aromatic heterocycles. The Balaban J connectivity index is 0.00000200. The smallest absolute Gasteiger partial charge is 0.252 e. The Morgan fingerprint density at radius 3 is 2.50 bits per heavy atom. The first kappa shape index (κ1) is 17.6. The predicted octanol–water partition coefficient (Wildman–Crippen LogP) is 3.81. The maximum absolute atomic E-state index is 12.1. The molecule has 0 atom stereocenters. The Bertz CT molecular complexity index is 473. The van der Waals surface area contributed by atoms with Crippen LogP contribution in [0.25, 0.3) is 0 Å². The van der Waals surface area contributed by atoms with Gasteiger partial charge >= 0.3 is 0 Å². The van der Waals surface area contributed by atoms with Gasteiger partial charge in [-0.25, -0.2) is 0 Å². The molecule has 3 nitrogen and oxygen atoms in total. The Morgan fingerprint density at radius 1 is 1.25 bits per heavy atom. The lowest BCUT2D eigenvalue weighted by Crippen LogP contribution is -2.51. The van der Waals surface area contributed by atoms with E-state index < -0.39 is 0 Å². The van der Waals surface area contributed by atoms with Crippen molar-refractivity contribution in [3.63, 3.8) is 0 Å². The Labute approximate surface area is 135 Å². The van der Waals surface area contributed by atoms with Gasteiger partial charge in [0.25, 0.3) is 5.91 Å². The van der Waals surface area contributed by atoms with Gasteiger partial charge in [-0.2, -0.15) is 0 Å². The first-order chi connectivity index (χ1) is 9.00. The minimum Gasteiger partial charge on any atom is -0.350 e. The molecule has 1 aromatic carbocycles. The molecule has 0 bridgehead atoms. The summed E-state index contributed by atoms with van der Waals surface area (Å²) in [4.78, 5) is 12.1. The summed E-state index contributed by atoms with van der Waals surface area (Å²) in [5.41, 5.74) is 6.44. The molecule has 20 heavy (non-hydrogen) atoms. The van der Waals surface area contributed by atoms with E-state index in [4.69, 9.17) is 28.9 Å². The number of halogens is 3. The van der Waals surface area contributed by atoms with Crippen molar-refractivity contribution < 1.29 is 4.79 Å². The molecule has 1 aromatic rings. The predicted molar refractivity (Wildman–Crippen MR) is 86.0 cm³/mol. The van der Waals surface area contributed by atoms with Crippen LogP contribution in [0.1, 0.15) is 42.5 Å². The van der Waals surface area contributed by atoms with E-state index in [1.807, 2.05) is 0 Å². The monoisotopic (exact) mass is 336 g/mol. The van der Waals surface area contributed by atoms with Crippen LogP contribution in [0.4, 0.5) is 0 Å². The molecule has 0 saturated heterocycles. The van der Waals surface area contributed by atoms with Crippen LogP contribution in [0.5, 0.6) is 0 Å². The van der Waals surface area contributed by atoms with Crippen molar-refractivity contribution in [2.24, 2.45) is 5.73 Å².